The highest BCUT2D eigenvalue weighted by molar-refractivity contribution is 5.89. The Bertz CT molecular complexity index is 963. The van der Waals surface area contributed by atoms with Gasteiger partial charge in [0.2, 0.25) is 0 Å². The lowest BCUT2D eigenvalue weighted by Gasteiger charge is -2.05. The molecule has 26 heavy (non-hydrogen) atoms. The Balaban J connectivity index is 1.76. The molecule has 0 aliphatic heterocycles. The van der Waals surface area contributed by atoms with Gasteiger partial charge < -0.3 is 4.74 Å². The molecule has 2 nitrogen and oxygen atoms in total. The third-order valence-corrected chi connectivity index (χ3v) is 4.22. The molecular formula is C24H22O2. The van der Waals surface area contributed by atoms with Gasteiger partial charge in [0.15, 0.2) is 0 Å². The number of esters is 1. The Labute approximate surface area is 154 Å². The van der Waals surface area contributed by atoms with Gasteiger partial charge in [0, 0.05) is 6.08 Å². The highest BCUT2D eigenvalue weighted by atomic mass is 16.5. The molecule has 0 radical (unpaired) electrons. The van der Waals surface area contributed by atoms with Crippen LogP contribution in [0.2, 0.25) is 0 Å². The number of hydrogen-bond acceptors (Lipinski definition) is 2. The minimum atomic E-state index is -0.316. The van der Waals surface area contributed by atoms with Crippen molar-refractivity contribution in [3.8, 4) is 0 Å². The zero-order valence-corrected chi connectivity index (χ0v) is 15.1. The fourth-order valence-corrected chi connectivity index (χ4v) is 2.83. The van der Waals surface area contributed by atoms with Crippen LogP contribution in [0.15, 0.2) is 72.8 Å². The molecule has 130 valence electrons. The molecule has 0 aliphatic carbocycles. The normalized spacial score (nSPS) is 11.8. The minimum Gasteiger partial charge on any atom is -0.463 e. The lowest BCUT2D eigenvalue weighted by molar-refractivity contribution is -0.137. The van der Waals surface area contributed by atoms with Gasteiger partial charge in [-0.25, -0.2) is 4.79 Å². The topological polar surface area (TPSA) is 26.3 Å². The predicted molar refractivity (Wildman–Crippen MR) is 110 cm³/mol. The summed E-state index contributed by atoms with van der Waals surface area (Å²) in [5, 5.41) is 2.50. The van der Waals surface area contributed by atoms with Gasteiger partial charge in [0.25, 0.3) is 0 Å². The molecular weight excluding hydrogens is 320 g/mol. The maximum atomic E-state index is 11.4. The van der Waals surface area contributed by atoms with Gasteiger partial charge in [-0.05, 0) is 59.0 Å². The first-order valence-corrected chi connectivity index (χ1v) is 8.78. The molecule has 0 heterocycles. The molecule has 0 saturated heterocycles. The average Bonchev–Trinajstić information content (AvgIpc) is 2.67. The number of carbonyl (C=O) groups is 1. The lowest BCUT2D eigenvalue weighted by atomic mass is 10.00. The first-order valence-electron chi connectivity index (χ1n) is 8.78. The van der Waals surface area contributed by atoms with Crippen LogP contribution in [0.25, 0.3) is 28.5 Å². The van der Waals surface area contributed by atoms with Crippen LogP contribution in [0.1, 0.15) is 30.5 Å². The molecule has 0 saturated carbocycles. The van der Waals surface area contributed by atoms with Crippen LogP contribution in [-0.4, -0.2) is 12.6 Å². The summed E-state index contributed by atoms with van der Waals surface area (Å²) < 4.78 is 4.88. The summed E-state index contributed by atoms with van der Waals surface area (Å²) in [5.74, 6) is -0.316. The average molecular weight is 342 g/mol. The lowest BCUT2D eigenvalue weighted by Crippen LogP contribution is -1.98. The Morgan fingerprint density at radius 2 is 1.62 bits per heavy atom. The second kappa shape index (κ2) is 8.30. The maximum Gasteiger partial charge on any atom is 0.330 e. The van der Waals surface area contributed by atoms with Crippen molar-refractivity contribution in [1.82, 2.24) is 0 Å². The predicted octanol–water partition coefficient (Wildman–Crippen LogP) is 5.98. The number of benzene rings is 3. The van der Waals surface area contributed by atoms with Crippen molar-refractivity contribution >= 4 is 34.5 Å². The van der Waals surface area contributed by atoms with E-state index in [2.05, 4.69) is 67.6 Å². The zero-order valence-electron chi connectivity index (χ0n) is 15.1. The van der Waals surface area contributed by atoms with E-state index in [0.29, 0.717) is 6.61 Å². The minimum absolute atomic E-state index is 0.316. The maximum absolute atomic E-state index is 11.4. The highest BCUT2D eigenvalue weighted by Crippen LogP contribution is 2.23. The van der Waals surface area contributed by atoms with Crippen LogP contribution in [0, 0.1) is 0 Å². The molecule has 2 heteroatoms. The largest absolute Gasteiger partial charge is 0.463 e. The van der Waals surface area contributed by atoms with E-state index in [4.69, 9.17) is 4.74 Å². The van der Waals surface area contributed by atoms with E-state index in [0.717, 1.165) is 11.1 Å². The molecule has 0 unspecified atom stereocenters. The van der Waals surface area contributed by atoms with Gasteiger partial charge >= 0.3 is 5.97 Å². The summed E-state index contributed by atoms with van der Waals surface area (Å²) in [6.07, 6.45) is 5.39. The molecule has 0 bridgehead atoms. The van der Waals surface area contributed by atoms with E-state index in [1.165, 1.54) is 28.0 Å². The molecule has 3 rings (SSSR count). The monoisotopic (exact) mass is 342 g/mol. The van der Waals surface area contributed by atoms with Crippen LogP contribution in [0.5, 0.6) is 0 Å². The third kappa shape index (κ3) is 4.48. The van der Waals surface area contributed by atoms with Gasteiger partial charge in [-0.2, -0.15) is 0 Å². The van der Waals surface area contributed by atoms with Gasteiger partial charge in [0.1, 0.15) is 0 Å². The number of rotatable bonds is 5. The molecule has 0 N–H and O–H groups in total. The SMILES string of the molecule is CCOC(=O)C=Cc1ccc(C=C(C)c2ccc3ccccc3c2)cc1. The summed E-state index contributed by atoms with van der Waals surface area (Å²) >= 11 is 0. The van der Waals surface area contributed by atoms with Crippen molar-refractivity contribution < 1.29 is 9.53 Å². The fourth-order valence-electron chi connectivity index (χ4n) is 2.83. The van der Waals surface area contributed by atoms with Crippen LogP contribution in [0.3, 0.4) is 0 Å². The number of fused-ring (bicyclic) bond motifs is 1. The molecule has 0 aliphatic rings. The zero-order chi connectivity index (χ0) is 18.4. The van der Waals surface area contributed by atoms with Gasteiger partial charge in [-0.3, -0.25) is 0 Å². The number of ether oxygens (including phenoxy) is 1. The van der Waals surface area contributed by atoms with Gasteiger partial charge in [-0.1, -0.05) is 66.7 Å². The number of hydrogen-bond donors (Lipinski definition) is 0. The first-order chi connectivity index (χ1) is 12.7. The third-order valence-electron chi connectivity index (χ3n) is 4.22. The van der Waals surface area contributed by atoms with E-state index in [1.807, 2.05) is 12.1 Å². The van der Waals surface area contributed by atoms with Crippen LogP contribution in [-0.2, 0) is 9.53 Å². The molecule has 0 aromatic heterocycles. The van der Waals surface area contributed by atoms with Crippen LogP contribution < -0.4 is 0 Å². The molecule has 0 amide bonds. The van der Waals surface area contributed by atoms with Crippen molar-refractivity contribution in [1.29, 1.82) is 0 Å². The Morgan fingerprint density at radius 3 is 2.35 bits per heavy atom. The van der Waals surface area contributed by atoms with Crippen molar-refractivity contribution in [3.63, 3.8) is 0 Å². The van der Waals surface area contributed by atoms with Crippen molar-refractivity contribution in [2.24, 2.45) is 0 Å². The fraction of sp³-hybridized carbons (Fsp3) is 0.125. The summed E-state index contributed by atoms with van der Waals surface area (Å²) in [7, 11) is 0. The van der Waals surface area contributed by atoms with Crippen LogP contribution in [0.4, 0.5) is 0 Å². The number of carbonyl (C=O) groups excluding carboxylic acids is 1. The van der Waals surface area contributed by atoms with Crippen LogP contribution >= 0.6 is 0 Å². The highest BCUT2D eigenvalue weighted by Gasteiger charge is 1.99. The van der Waals surface area contributed by atoms with Crippen molar-refractivity contribution in [3.05, 3.63) is 89.5 Å². The van der Waals surface area contributed by atoms with E-state index < -0.39 is 0 Å². The van der Waals surface area contributed by atoms with Gasteiger partial charge in [-0.15, -0.1) is 0 Å². The standard InChI is InChI=1S/C24H22O2/c1-3-26-24(25)15-12-19-8-10-20(11-9-19)16-18(2)22-14-13-21-6-4-5-7-23(21)17-22/h4-17H,3H2,1-2H3. The van der Waals surface area contributed by atoms with E-state index in [9.17, 15) is 4.79 Å². The van der Waals surface area contributed by atoms with E-state index in [1.54, 1.807) is 13.0 Å². The second-order valence-electron chi connectivity index (χ2n) is 6.14. The molecule has 0 fully saturated rings. The molecule has 0 atom stereocenters. The summed E-state index contributed by atoms with van der Waals surface area (Å²) in [6, 6.07) is 23.0. The summed E-state index contributed by atoms with van der Waals surface area (Å²) in [4.78, 5) is 11.4. The molecule has 3 aromatic rings. The first kappa shape index (κ1) is 17.7. The van der Waals surface area contributed by atoms with Crippen molar-refractivity contribution in [2.45, 2.75) is 13.8 Å². The number of allylic oxidation sites excluding steroid dienone is 1. The summed E-state index contributed by atoms with van der Waals surface area (Å²) in [6.45, 7) is 4.31. The molecule has 0 spiro atoms. The molecule has 3 aromatic carbocycles. The Morgan fingerprint density at radius 1 is 0.923 bits per heavy atom. The Kier molecular flexibility index (Phi) is 5.65. The van der Waals surface area contributed by atoms with E-state index in [-0.39, 0.29) is 5.97 Å². The van der Waals surface area contributed by atoms with Gasteiger partial charge in [0.05, 0.1) is 6.61 Å². The van der Waals surface area contributed by atoms with Crippen molar-refractivity contribution in [2.75, 3.05) is 6.61 Å². The van der Waals surface area contributed by atoms with E-state index >= 15 is 0 Å². The smallest absolute Gasteiger partial charge is 0.330 e. The quantitative estimate of drug-likeness (QED) is 0.324. The second-order valence-corrected chi connectivity index (χ2v) is 6.14. The summed E-state index contributed by atoms with van der Waals surface area (Å²) in [5.41, 5.74) is 4.53. The Hall–Kier alpha value is -3.13.